The van der Waals surface area contributed by atoms with Crippen molar-refractivity contribution in [3.8, 4) is 0 Å². The van der Waals surface area contributed by atoms with Gasteiger partial charge in [0.1, 0.15) is 4.90 Å². The van der Waals surface area contributed by atoms with Crippen LogP contribution in [0.3, 0.4) is 0 Å². The summed E-state index contributed by atoms with van der Waals surface area (Å²) < 4.78 is 40.7. The second-order valence-corrected chi connectivity index (χ2v) is 8.76. The van der Waals surface area contributed by atoms with E-state index in [0.29, 0.717) is 25.3 Å². The van der Waals surface area contributed by atoms with Gasteiger partial charge in [0.15, 0.2) is 5.82 Å². The number of benzene rings is 1. The molecule has 1 heterocycles. The van der Waals surface area contributed by atoms with Crippen LogP contribution in [0.1, 0.15) is 25.7 Å². The average molecular weight is 375 g/mol. The molecule has 0 bridgehead atoms. The Balaban J connectivity index is 1.73. The lowest BCUT2D eigenvalue weighted by Gasteiger charge is -2.31. The molecule has 8 heteroatoms. The summed E-state index contributed by atoms with van der Waals surface area (Å²) in [6, 6.07) is 3.91. The number of nitrogens with one attached hydrogen (secondary N) is 1. The van der Waals surface area contributed by atoms with E-state index in [2.05, 4.69) is 5.32 Å². The molecular formula is C16H20ClFN2O3S. The first-order valence-electron chi connectivity index (χ1n) is 8.11. The zero-order chi connectivity index (χ0) is 17.3. The second kappa shape index (κ2) is 6.98. The largest absolute Gasteiger partial charge is 0.356 e. The van der Waals surface area contributed by atoms with Crippen LogP contribution < -0.4 is 5.32 Å². The third-order valence-corrected chi connectivity index (χ3v) is 6.73. The van der Waals surface area contributed by atoms with Gasteiger partial charge in [0.05, 0.1) is 10.9 Å². The smallest absolute Gasteiger partial charge is 0.246 e. The monoisotopic (exact) mass is 374 g/mol. The van der Waals surface area contributed by atoms with Crippen molar-refractivity contribution < 1.29 is 17.6 Å². The minimum absolute atomic E-state index is 0.0742. The minimum Gasteiger partial charge on any atom is -0.356 e. The Morgan fingerprint density at radius 2 is 2.08 bits per heavy atom. The van der Waals surface area contributed by atoms with Gasteiger partial charge in [-0.2, -0.15) is 4.31 Å². The van der Waals surface area contributed by atoms with E-state index >= 15 is 0 Å². The summed E-state index contributed by atoms with van der Waals surface area (Å²) in [7, 11) is -4.01. The van der Waals surface area contributed by atoms with E-state index in [1.165, 1.54) is 22.5 Å². The minimum atomic E-state index is -4.01. The quantitative estimate of drug-likeness (QED) is 0.860. The fourth-order valence-corrected chi connectivity index (χ4v) is 4.75. The van der Waals surface area contributed by atoms with Gasteiger partial charge >= 0.3 is 0 Å². The molecule has 1 aliphatic carbocycles. The summed E-state index contributed by atoms with van der Waals surface area (Å²) >= 11 is 5.69. The highest BCUT2D eigenvalue weighted by atomic mass is 35.5. The molecule has 1 N–H and O–H groups in total. The van der Waals surface area contributed by atoms with Gasteiger partial charge in [0.2, 0.25) is 15.9 Å². The predicted octanol–water partition coefficient (Wildman–Crippen LogP) is 2.41. The number of halogens is 2. The van der Waals surface area contributed by atoms with Crippen LogP contribution in [-0.2, 0) is 14.8 Å². The Kier molecular flexibility index (Phi) is 5.13. The Hall–Kier alpha value is -1.18. The number of amides is 1. The van der Waals surface area contributed by atoms with Crippen molar-refractivity contribution in [2.75, 3.05) is 19.6 Å². The van der Waals surface area contributed by atoms with Crippen molar-refractivity contribution in [2.45, 2.75) is 30.6 Å². The number of rotatable bonds is 5. The van der Waals surface area contributed by atoms with Crippen molar-refractivity contribution >= 4 is 27.5 Å². The molecule has 1 saturated heterocycles. The highest BCUT2D eigenvalue weighted by Gasteiger charge is 2.35. The number of carbonyl (C=O) groups is 1. The summed E-state index contributed by atoms with van der Waals surface area (Å²) in [5.41, 5.74) is 0. The maximum atomic E-state index is 14.1. The lowest BCUT2D eigenvalue weighted by Crippen LogP contribution is -2.45. The maximum absolute atomic E-state index is 14.1. The zero-order valence-electron chi connectivity index (χ0n) is 13.2. The molecule has 5 nitrogen and oxygen atoms in total. The summed E-state index contributed by atoms with van der Waals surface area (Å²) in [5, 5.41) is 2.66. The van der Waals surface area contributed by atoms with Crippen molar-refractivity contribution in [1.29, 1.82) is 0 Å². The molecule has 132 valence electrons. The average Bonchev–Trinajstić information content (AvgIpc) is 3.39. The van der Waals surface area contributed by atoms with Gasteiger partial charge in [0.25, 0.3) is 0 Å². The van der Waals surface area contributed by atoms with Gasteiger partial charge < -0.3 is 5.32 Å². The zero-order valence-corrected chi connectivity index (χ0v) is 14.7. The number of piperidine rings is 1. The second-order valence-electron chi connectivity index (χ2n) is 6.44. The Morgan fingerprint density at radius 3 is 2.79 bits per heavy atom. The molecule has 1 aromatic rings. The van der Waals surface area contributed by atoms with Crippen LogP contribution in [0.5, 0.6) is 0 Å². The van der Waals surface area contributed by atoms with Crippen LogP contribution in [0.2, 0.25) is 5.02 Å². The van der Waals surface area contributed by atoms with Crippen molar-refractivity contribution in [2.24, 2.45) is 11.8 Å². The van der Waals surface area contributed by atoms with E-state index in [0.717, 1.165) is 12.8 Å². The standard InChI is InChI=1S/C16H20ClFN2O3S/c17-13-4-1-5-14(15(13)18)24(22,23)20-8-2-3-12(10-20)16(21)19-9-11-6-7-11/h1,4-5,11-12H,2-3,6-10H2,(H,19,21). The Bertz CT molecular complexity index is 737. The van der Waals surface area contributed by atoms with E-state index in [4.69, 9.17) is 11.6 Å². The summed E-state index contributed by atoms with van der Waals surface area (Å²) in [4.78, 5) is 11.8. The molecule has 1 atom stereocenters. The molecule has 0 radical (unpaired) electrons. The molecule has 2 aliphatic rings. The molecule has 1 aromatic carbocycles. The molecule has 0 spiro atoms. The third-order valence-electron chi connectivity index (χ3n) is 4.55. The van der Waals surface area contributed by atoms with Crippen LogP contribution in [0.4, 0.5) is 4.39 Å². The molecule has 3 rings (SSSR count). The molecule has 1 aliphatic heterocycles. The van der Waals surface area contributed by atoms with Crippen molar-refractivity contribution in [3.63, 3.8) is 0 Å². The first-order chi connectivity index (χ1) is 11.4. The maximum Gasteiger partial charge on any atom is 0.246 e. The number of sulfonamides is 1. The topological polar surface area (TPSA) is 66.5 Å². The molecule has 1 amide bonds. The SMILES string of the molecule is O=C(NCC1CC1)C1CCCN(S(=O)(=O)c2cccc(Cl)c2F)C1. The Morgan fingerprint density at radius 1 is 1.33 bits per heavy atom. The van der Waals surface area contributed by atoms with E-state index in [1.807, 2.05) is 0 Å². The van der Waals surface area contributed by atoms with E-state index in [9.17, 15) is 17.6 Å². The Labute approximate surface area is 146 Å². The number of hydrogen-bond acceptors (Lipinski definition) is 3. The normalized spacial score (nSPS) is 22.3. The molecule has 24 heavy (non-hydrogen) atoms. The van der Waals surface area contributed by atoms with Gasteiger partial charge in [0, 0.05) is 19.6 Å². The van der Waals surface area contributed by atoms with Crippen molar-refractivity contribution in [3.05, 3.63) is 29.0 Å². The van der Waals surface area contributed by atoms with Gasteiger partial charge in [-0.1, -0.05) is 17.7 Å². The van der Waals surface area contributed by atoms with Gasteiger partial charge in [-0.3, -0.25) is 4.79 Å². The number of nitrogens with zero attached hydrogens (tertiary/aromatic N) is 1. The number of carbonyl (C=O) groups excluding carboxylic acids is 1. The fourth-order valence-electron chi connectivity index (χ4n) is 2.91. The third kappa shape index (κ3) is 3.73. The molecule has 0 aromatic heterocycles. The van der Waals surface area contributed by atoms with Crippen LogP contribution in [0, 0.1) is 17.7 Å². The van der Waals surface area contributed by atoms with Gasteiger partial charge in [-0.05, 0) is 43.7 Å². The van der Waals surface area contributed by atoms with Crippen LogP contribution in [0.15, 0.2) is 23.1 Å². The highest BCUT2D eigenvalue weighted by molar-refractivity contribution is 7.89. The molecule has 1 saturated carbocycles. The van der Waals surface area contributed by atoms with Crippen LogP contribution in [0.25, 0.3) is 0 Å². The van der Waals surface area contributed by atoms with Crippen LogP contribution in [-0.4, -0.2) is 38.3 Å². The summed E-state index contributed by atoms with van der Waals surface area (Å²) in [5.74, 6) is -0.889. The first kappa shape index (κ1) is 17.6. The molecule has 1 unspecified atom stereocenters. The van der Waals surface area contributed by atoms with E-state index in [-0.39, 0.29) is 24.0 Å². The van der Waals surface area contributed by atoms with E-state index < -0.39 is 26.7 Å². The van der Waals surface area contributed by atoms with Gasteiger partial charge in [-0.25, -0.2) is 12.8 Å². The first-order valence-corrected chi connectivity index (χ1v) is 9.93. The predicted molar refractivity (Wildman–Crippen MR) is 88.6 cm³/mol. The van der Waals surface area contributed by atoms with Crippen molar-refractivity contribution in [1.82, 2.24) is 9.62 Å². The molecule has 2 fully saturated rings. The lowest BCUT2D eigenvalue weighted by molar-refractivity contribution is -0.126. The summed E-state index contributed by atoms with van der Waals surface area (Å²) in [6.07, 6.45) is 3.49. The number of hydrogen-bond donors (Lipinski definition) is 1. The highest BCUT2D eigenvalue weighted by Crippen LogP contribution is 2.29. The molecular weight excluding hydrogens is 355 g/mol. The lowest BCUT2D eigenvalue weighted by atomic mass is 9.99. The van der Waals surface area contributed by atoms with E-state index in [1.54, 1.807) is 0 Å². The fraction of sp³-hybridized carbons (Fsp3) is 0.562. The van der Waals surface area contributed by atoms with Crippen LogP contribution >= 0.6 is 11.6 Å². The van der Waals surface area contributed by atoms with Gasteiger partial charge in [-0.15, -0.1) is 0 Å². The summed E-state index contributed by atoms with van der Waals surface area (Å²) in [6.45, 7) is 1.01.